The van der Waals surface area contributed by atoms with Crippen molar-refractivity contribution < 1.29 is 4.39 Å². The molecule has 4 rings (SSSR count). The van der Waals surface area contributed by atoms with E-state index in [1.807, 2.05) is 0 Å². The van der Waals surface area contributed by atoms with Gasteiger partial charge in [-0.25, -0.2) is 9.37 Å². The van der Waals surface area contributed by atoms with E-state index in [9.17, 15) is 9.18 Å². The lowest BCUT2D eigenvalue weighted by Gasteiger charge is -2.17. The number of aromatic nitrogens is 2. The van der Waals surface area contributed by atoms with Crippen LogP contribution >= 0.6 is 27.3 Å². The lowest BCUT2D eigenvalue weighted by molar-refractivity contribution is 0.509. The number of fused-ring (bicyclic) bond motifs is 3. The Morgan fingerprint density at radius 2 is 2.29 bits per heavy atom. The minimum absolute atomic E-state index is 0.0608. The number of rotatable bonds is 2. The first-order valence-corrected chi connectivity index (χ1v) is 9.57. The summed E-state index contributed by atoms with van der Waals surface area (Å²) in [6, 6.07) is 4.89. The van der Waals surface area contributed by atoms with E-state index < -0.39 is 0 Å². The van der Waals surface area contributed by atoms with Gasteiger partial charge in [0.05, 0.1) is 18.3 Å². The van der Waals surface area contributed by atoms with Crippen molar-refractivity contribution in [2.45, 2.75) is 32.7 Å². The van der Waals surface area contributed by atoms with Crippen molar-refractivity contribution in [2.24, 2.45) is 5.92 Å². The average Bonchev–Trinajstić information content (AvgIpc) is 2.90. The van der Waals surface area contributed by atoms with E-state index in [4.69, 9.17) is 0 Å². The van der Waals surface area contributed by atoms with Crippen LogP contribution in [0.15, 0.2) is 33.8 Å². The Bertz CT molecular complexity index is 995. The molecule has 1 atom stereocenters. The highest BCUT2D eigenvalue weighted by molar-refractivity contribution is 9.10. The Kier molecular flexibility index (Phi) is 4.04. The predicted octanol–water partition coefficient (Wildman–Crippen LogP) is 4.53. The molecular formula is C18H16BrFN2OS. The second-order valence-electron chi connectivity index (χ2n) is 6.45. The van der Waals surface area contributed by atoms with Gasteiger partial charge in [-0.05, 0) is 42.9 Å². The molecule has 0 aliphatic heterocycles. The molecule has 0 N–H and O–H groups in total. The molecule has 1 aliphatic rings. The zero-order chi connectivity index (χ0) is 16.8. The van der Waals surface area contributed by atoms with Crippen molar-refractivity contribution in [3.63, 3.8) is 0 Å². The summed E-state index contributed by atoms with van der Waals surface area (Å²) in [4.78, 5) is 19.5. The number of nitrogens with zero attached hydrogens (tertiary/aromatic N) is 2. The summed E-state index contributed by atoms with van der Waals surface area (Å²) >= 11 is 4.88. The van der Waals surface area contributed by atoms with Crippen molar-refractivity contribution >= 4 is 37.5 Å². The van der Waals surface area contributed by atoms with Gasteiger partial charge in [0.15, 0.2) is 0 Å². The van der Waals surface area contributed by atoms with Crippen LogP contribution in [-0.2, 0) is 19.4 Å². The van der Waals surface area contributed by atoms with Crippen LogP contribution < -0.4 is 5.56 Å². The second kappa shape index (κ2) is 6.08. The third kappa shape index (κ3) is 2.71. The van der Waals surface area contributed by atoms with Gasteiger partial charge in [-0.1, -0.05) is 28.9 Å². The summed E-state index contributed by atoms with van der Waals surface area (Å²) in [5.74, 6) is 0.335. The predicted molar refractivity (Wildman–Crippen MR) is 98.3 cm³/mol. The van der Waals surface area contributed by atoms with E-state index in [1.165, 1.54) is 21.8 Å². The third-order valence-electron chi connectivity index (χ3n) is 4.64. The summed E-state index contributed by atoms with van der Waals surface area (Å²) in [7, 11) is 0. The van der Waals surface area contributed by atoms with Gasteiger partial charge in [0, 0.05) is 14.9 Å². The summed E-state index contributed by atoms with van der Waals surface area (Å²) in [6.45, 7) is 2.44. The van der Waals surface area contributed by atoms with E-state index in [0.29, 0.717) is 16.0 Å². The minimum atomic E-state index is -0.322. The number of hydrogen-bond donors (Lipinski definition) is 0. The molecule has 124 valence electrons. The molecule has 0 radical (unpaired) electrons. The highest BCUT2D eigenvalue weighted by atomic mass is 79.9. The van der Waals surface area contributed by atoms with Crippen molar-refractivity contribution in [1.29, 1.82) is 0 Å². The normalized spacial score (nSPS) is 17.2. The molecule has 0 amide bonds. The SMILES string of the molecule is C[C@@H]1CCc2c(sc3ncn(Cc4ccc(Br)cc4F)c(=O)c23)C1. The number of halogens is 2. The maximum atomic E-state index is 14.1. The molecule has 0 unspecified atom stereocenters. The van der Waals surface area contributed by atoms with E-state index >= 15 is 0 Å². The lowest BCUT2D eigenvalue weighted by Crippen LogP contribution is -2.22. The van der Waals surface area contributed by atoms with Gasteiger partial charge in [-0.15, -0.1) is 11.3 Å². The first-order valence-electron chi connectivity index (χ1n) is 7.96. The van der Waals surface area contributed by atoms with Crippen LogP contribution in [0.1, 0.15) is 29.3 Å². The first kappa shape index (κ1) is 16.0. The minimum Gasteiger partial charge on any atom is -0.294 e. The molecule has 0 saturated heterocycles. The van der Waals surface area contributed by atoms with Crippen molar-refractivity contribution in [2.75, 3.05) is 0 Å². The lowest BCUT2D eigenvalue weighted by atomic mass is 9.89. The Labute approximate surface area is 151 Å². The molecule has 2 heterocycles. The van der Waals surface area contributed by atoms with Crippen molar-refractivity contribution in [3.05, 3.63) is 61.2 Å². The molecule has 24 heavy (non-hydrogen) atoms. The number of aryl methyl sites for hydroxylation is 1. The summed E-state index contributed by atoms with van der Waals surface area (Å²) in [5, 5.41) is 0.738. The molecule has 6 heteroatoms. The Hall–Kier alpha value is -1.53. The van der Waals surface area contributed by atoms with Crippen LogP contribution in [0.4, 0.5) is 4.39 Å². The van der Waals surface area contributed by atoms with Crippen LogP contribution in [0, 0.1) is 11.7 Å². The maximum Gasteiger partial charge on any atom is 0.262 e. The quantitative estimate of drug-likeness (QED) is 0.626. The van der Waals surface area contributed by atoms with Gasteiger partial charge in [-0.2, -0.15) is 0 Å². The topological polar surface area (TPSA) is 34.9 Å². The standard InChI is InChI=1S/C18H16BrFN2OS/c1-10-2-5-13-15(6-10)24-17-16(13)18(23)22(9-21-17)8-11-3-4-12(19)7-14(11)20/h3-4,7,9-10H,2,5-6,8H2,1H3/t10-/m1/s1. The van der Waals surface area contributed by atoms with E-state index in [-0.39, 0.29) is 17.9 Å². The molecule has 0 saturated carbocycles. The van der Waals surface area contributed by atoms with Gasteiger partial charge in [-0.3, -0.25) is 9.36 Å². The molecule has 2 aromatic heterocycles. The molecule has 1 aliphatic carbocycles. The van der Waals surface area contributed by atoms with Gasteiger partial charge in [0.25, 0.3) is 5.56 Å². The van der Waals surface area contributed by atoms with E-state index in [2.05, 4.69) is 27.8 Å². The number of thiophene rings is 1. The molecule has 0 spiro atoms. The maximum absolute atomic E-state index is 14.1. The molecule has 1 aromatic carbocycles. The van der Waals surface area contributed by atoms with Gasteiger partial charge < -0.3 is 0 Å². The van der Waals surface area contributed by atoms with Crippen LogP contribution in [0.5, 0.6) is 0 Å². The van der Waals surface area contributed by atoms with E-state index in [0.717, 1.165) is 35.0 Å². The van der Waals surface area contributed by atoms with Gasteiger partial charge >= 0.3 is 0 Å². The third-order valence-corrected chi connectivity index (χ3v) is 6.29. The smallest absolute Gasteiger partial charge is 0.262 e. The number of hydrogen-bond acceptors (Lipinski definition) is 3. The fourth-order valence-electron chi connectivity index (χ4n) is 3.31. The molecule has 0 bridgehead atoms. The monoisotopic (exact) mass is 406 g/mol. The highest BCUT2D eigenvalue weighted by Gasteiger charge is 2.23. The Balaban J connectivity index is 1.80. The first-order chi connectivity index (χ1) is 11.5. The second-order valence-corrected chi connectivity index (χ2v) is 8.44. The van der Waals surface area contributed by atoms with Crippen LogP contribution in [-0.4, -0.2) is 9.55 Å². The van der Waals surface area contributed by atoms with Crippen LogP contribution in [0.25, 0.3) is 10.2 Å². The van der Waals surface area contributed by atoms with E-state index in [1.54, 1.807) is 23.5 Å². The summed E-state index contributed by atoms with van der Waals surface area (Å²) in [5.41, 5.74) is 1.59. The largest absolute Gasteiger partial charge is 0.294 e. The number of benzene rings is 1. The highest BCUT2D eigenvalue weighted by Crippen LogP contribution is 2.35. The van der Waals surface area contributed by atoms with Crippen molar-refractivity contribution in [3.8, 4) is 0 Å². The Morgan fingerprint density at radius 3 is 3.08 bits per heavy atom. The molecule has 3 nitrogen and oxygen atoms in total. The molecular weight excluding hydrogens is 391 g/mol. The molecule has 0 fully saturated rings. The zero-order valence-electron chi connectivity index (χ0n) is 13.2. The average molecular weight is 407 g/mol. The van der Waals surface area contributed by atoms with Gasteiger partial charge in [0.2, 0.25) is 0 Å². The van der Waals surface area contributed by atoms with Crippen LogP contribution in [0.2, 0.25) is 0 Å². The fourth-order valence-corrected chi connectivity index (χ4v) is 4.99. The zero-order valence-corrected chi connectivity index (χ0v) is 15.6. The summed E-state index contributed by atoms with van der Waals surface area (Å²) in [6.07, 6.45) is 4.60. The Morgan fingerprint density at radius 1 is 1.46 bits per heavy atom. The van der Waals surface area contributed by atoms with Crippen molar-refractivity contribution in [1.82, 2.24) is 9.55 Å². The fraction of sp³-hybridized carbons (Fsp3) is 0.333. The van der Waals surface area contributed by atoms with Crippen LogP contribution in [0.3, 0.4) is 0 Å². The molecule has 3 aromatic rings. The summed E-state index contributed by atoms with van der Waals surface area (Å²) < 4.78 is 16.3. The van der Waals surface area contributed by atoms with Gasteiger partial charge in [0.1, 0.15) is 10.6 Å².